The molecule has 0 unspecified atom stereocenters. The van der Waals surface area contributed by atoms with Crippen molar-refractivity contribution in [2.45, 2.75) is 26.3 Å². The van der Waals surface area contributed by atoms with Crippen LogP contribution in [0.3, 0.4) is 0 Å². The second-order valence-corrected chi connectivity index (χ2v) is 4.25. The zero-order chi connectivity index (χ0) is 10.6. The van der Waals surface area contributed by atoms with Crippen molar-refractivity contribution in [3.8, 4) is 0 Å². The molecule has 7 heteroatoms. The molecule has 1 rings (SSSR count). The lowest BCUT2D eigenvalue weighted by molar-refractivity contribution is -0.121. The molecule has 94 valence electrons. The van der Waals surface area contributed by atoms with E-state index in [2.05, 4.69) is 10.3 Å². The Morgan fingerprint density at radius 2 is 2.25 bits per heavy atom. The fourth-order valence-electron chi connectivity index (χ4n) is 0.998. The summed E-state index contributed by atoms with van der Waals surface area (Å²) in [5.74, 6) is -0.114. The minimum Gasteiger partial charge on any atom is -0.354 e. The standard InChI is InChI=1S/C9H15N3OS.2ClH/c1-6(10)9(13)11-4-3-8-5-14-7(2)12-8;;/h5-6H,3-4,10H2,1-2H3,(H,11,13);2*1H/t6-;;/m1../s1. The molecule has 0 bridgehead atoms. The minimum atomic E-state index is -0.438. The molecule has 0 aliphatic carbocycles. The van der Waals surface area contributed by atoms with Crippen molar-refractivity contribution < 1.29 is 4.79 Å². The Bertz CT molecular complexity index is 317. The molecule has 0 saturated carbocycles. The maximum absolute atomic E-state index is 11.1. The number of rotatable bonds is 4. The zero-order valence-corrected chi connectivity index (χ0v) is 11.7. The van der Waals surface area contributed by atoms with Crippen LogP contribution in [0.1, 0.15) is 17.6 Å². The average molecular weight is 286 g/mol. The van der Waals surface area contributed by atoms with Crippen molar-refractivity contribution in [1.82, 2.24) is 10.3 Å². The largest absolute Gasteiger partial charge is 0.354 e. The van der Waals surface area contributed by atoms with E-state index in [0.717, 1.165) is 17.1 Å². The first kappa shape index (κ1) is 18.0. The summed E-state index contributed by atoms with van der Waals surface area (Å²) >= 11 is 1.62. The second-order valence-electron chi connectivity index (χ2n) is 3.19. The lowest BCUT2D eigenvalue weighted by Crippen LogP contribution is -2.39. The Hall–Kier alpha value is -0.360. The molecule has 1 aromatic heterocycles. The first-order chi connectivity index (χ1) is 6.59. The van der Waals surface area contributed by atoms with Gasteiger partial charge < -0.3 is 11.1 Å². The number of nitrogens with two attached hydrogens (primary N) is 1. The summed E-state index contributed by atoms with van der Waals surface area (Å²) in [6.45, 7) is 4.24. The van der Waals surface area contributed by atoms with E-state index in [0.29, 0.717) is 6.54 Å². The summed E-state index contributed by atoms with van der Waals surface area (Å²) in [4.78, 5) is 15.4. The molecular formula is C9H17Cl2N3OS. The lowest BCUT2D eigenvalue weighted by Gasteiger charge is -2.05. The van der Waals surface area contributed by atoms with Crippen molar-refractivity contribution in [1.29, 1.82) is 0 Å². The molecule has 1 heterocycles. The summed E-state index contributed by atoms with van der Waals surface area (Å²) in [7, 11) is 0. The molecule has 0 fully saturated rings. The number of hydrogen-bond acceptors (Lipinski definition) is 4. The molecular weight excluding hydrogens is 269 g/mol. The van der Waals surface area contributed by atoms with Gasteiger partial charge in [0.15, 0.2) is 0 Å². The smallest absolute Gasteiger partial charge is 0.236 e. The van der Waals surface area contributed by atoms with Crippen molar-refractivity contribution >= 4 is 42.1 Å². The van der Waals surface area contributed by atoms with Crippen LogP contribution < -0.4 is 11.1 Å². The number of nitrogens with one attached hydrogen (secondary N) is 1. The van der Waals surface area contributed by atoms with E-state index < -0.39 is 6.04 Å². The number of halogens is 2. The van der Waals surface area contributed by atoms with Gasteiger partial charge in [0.1, 0.15) is 0 Å². The van der Waals surface area contributed by atoms with Crippen LogP contribution in [0.2, 0.25) is 0 Å². The number of carbonyl (C=O) groups excluding carboxylic acids is 1. The molecule has 3 N–H and O–H groups in total. The van der Waals surface area contributed by atoms with Crippen LogP contribution in [0.4, 0.5) is 0 Å². The first-order valence-electron chi connectivity index (χ1n) is 4.54. The van der Waals surface area contributed by atoms with E-state index in [1.54, 1.807) is 18.3 Å². The molecule has 0 aliphatic heterocycles. The van der Waals surface area contributed by atoms with Crippen molar-refractivity contribution in [2.75, 3.05) is 6.54 Å². The third-order valence-corrected chi connectivity index (χ3v) is 2.58. The van der Waals surface area contributed by atoms with E-state index in [4.69, 9.17) is 5.73 Å². The van der Waals surface area contributed by atoms with Crippen molar-refractivity contribution in [2.24, 2.45) is 5.73 Å². The van der Waals surface area contributed by atoms with Gasteiger partial charge in [0.25, 0.3) is 0 Å². The third-order valence-electron chi connectivity index (χ3n) is 1.76. The summed E-state index contributed by atoms with van der Waals surface area (Å²) in [6.07, 6.45) is 0.767. The first-order valence-corrected chi connectivity index (χ1v) is 5.42. The molecule has 0 aromatic carbocycles. The van der Waals surface area contributed by atoms with Crippen LogP contribution in [-0.2, 0) is 11.2 Å². The third kappa shape index (κ3) is 6.27. The fraction of sp³-hybridized carbons (Fsp3) is 0.556. The maximum atomic E-state index is 11.1. The highest BCUT2D eigenvalue weighted by molar-refractivity contribution is 7.09. The van der Waals surface area contributed by atoms with Gasteiger partial charge in [-0.3, -0.25) is 4.79 Å². The Labute approximate surface area is 112 Å². The molecule has 0 spiro atoms. The Kier molecular flexibility index (Phi) is 9.86. The summed E-state index contributed by atoms with van der Waals surface area (Å²) in [6, 6.07) is -0.438. The normalized spacial score (nSPS) is 10.9. The number of aromatic nitrogens is 1. The highest BCUT2D eigenvalue weighted by Crippen LogP contribution is 2.07. The van der Waals surface area contributed by atoms with Gasteiger partial charge in [0, 0.05) is 18.3 Å². The number of hydrogen-bond donors (Lipinski definition) is 2. The molecule has 0 saturated heterocycles. The Balaban J connectivity index is 0. The molecule has 1 atom stereocenters. The molecule has 1 aromatic rings. The van der Waals surface area contributed by atoms with Gasteiger partial charge >= 0.3 is 0 Å². The van der Waals surface area contributed by atoms with Crippen LogP contribution in [0, 0.1) is 6.92 Å². The fourth-order valence-corrected chi connectivity index (χ4v) is 1.64. The minimum absolute atomic E-state index is 0. The monoisotopic (exact) mass is 285 g/mol. The van der Waals surface area contributed by atoms with Crippen molar-refractivity contribution in [3.05, 3.63) is 16.1 Å². The number of amides is 1. The Morgan fingerprint density at radius 3 is 2.69 bits per heavy atom. The van der Waals surface area contributed by atoms with Crippen LogP contribution in [0.5, 0.6) is 0 Å². The Morgan fingerprint density at radius 1 is 1.62 bits per heavy atom. The van der Waals surface area contributed by atoms with E-state index >= 15 is 0 Å². The van der Waals surface area contributed by atoms with Gasteiger partial charge in [0.2, 0.25) is 5.91 Å². The predicted octanol–water partition coefficient (Wildman–Crippen LogP) is 1.30. The average Bonchev–Trinajstić information content (AvgIpc) is 2.51. The maximum Gasteiger partial charge on any atom is 0.236 e. The predicted molar refractivity (Wildman–Crippen MR) is 71.7 cm³/mol. The van der Waals surface area contributed by atoms with Gasteiger partial charge in [-0.25, -0.2) is 4.98 Å². The van der Waals surface area contributed by atoms with Gasteiger partial charge in [0.05, 0.1) is 16.7 Å². The molecule has 4 nitrogen and oxygen atoms in total. The quantitative estimate of drug-likeness (QED) is 0.876. The van der Waals surface area contributed by atoms with Crippen LogP contribution >= 0.6 is 36.2 Å². The topological polar surface area (TPSA) is 68.0 Å². The van der Waals surface area contributed by atoms with Crippen molar-refractivity contribution in [3.63, 3.8) is 0 Å². The van der Waals surface area contributed by atoms with E-state index in [1.165, 1.54) is 0 Å². The SMILES string of the molecule is Cc1nc(CCNC(=O)[C@@H](C)N)cs1.Cl.Cl. The number of thiazole rings is 1. The summed E-state index contributed by atoms with van der Waals surface area (Å²) in [5.41, 5.74) is 6.42. The second kappa shape index (κ2) is 8.75. The summed E-state index contributed by atoms with van der Waals surface area (Å²) in [5, 5.41) is 5.80. The number of carbonyl (C=O) groups is 1. The van der Waals surface area contributed by atoms with Gasteiger partial charge in [-0.05, 0) is 13.8 Å². The van der Waals surface area contributed by atoms with Gasteiger partial charge in [-0.2, -0.15) is 0 Å². The van der Waals surface area contributed by atoms with Gasteiger partial charge in [-0.15, -0.1) is 36.2 Å². The van der Waals surface area contributed by atoms with E-state index in [-0.39, 0.29) is 30.7 Å². The molecule has 16 heavy (non-hydrogen) atoms. The highest BCUT2D eigenvalue weighted by atomic mass is 35.5. The molecule has 1 amide bonds. The van der Waals surface area contributed by atoms with Crippen LogP contribution in [-0.4, -0.2) is 23.5 Å². The van der Waals surface area contributed by atoms with Crippen LogP contribution in [0.25, 0.3) is 0 Å². The molecule has 0 aliphatic rings. The molecule has 0 radical (unpaired) electrons. The lowest BCUT2D eigenvalue weighted by atomic mass is 10.3. The zero-order valence-electron chi connectivity index (χ0n) is 9.23. The summed E-state index contributed by atoms with van der Waals surface area (Å²) < 4.78 is 0. The van der Waals surface area contributed by atoms with Gasteiger partial charge in [-0.1, -0.05) is 0 Å². The highest BCUT2D eigenvalue weighted by Gasteiger charge is 2.06. The number of aryl methyl sites for hydroxylation is 1. The number of nitrogens with zero attached hydrogens (tertiary/aromatic N) is 1. The van der Waals surface area contributed by atoms with E-state index in [9.17, 15) is 4.79 Å². The van der Waals surface area contributed by atoms with Crippen LogP contribution in [0.15, 0.2) is 5.38 Å². The van der Waals surface area contributed by atoms with E-state index in [1.807, 2.05) is 12.3 Å².